The summed E-state index contributed by atoms with van der Waals surface area (Å²) in [4.78, 5) is 23.4. The smallest absolute Gasteiger partial charge is 0.224 e. The maximum atomic E-state index is 11.7. The number of carbonyl (C=O) groups excluding carboxylic acids is 2. The molecule has 6 heteroatoms. The summed E-state index contributed by atoms with van der Waals surface area (Å²) in [6, 6.07) is 6.96. The van der Waals surface area contributed by atoms with Crippen molar-refractivity contribution in [3.63, 3.8) is 0 Å². The van der Waals surface area contributed by atoms with Gasteiger partial charge in [-0.05, 0) is 43.5 Å². The molecular weight excluding hydrogens is 304 g/mol. The number of hydrogen-bond acceptors (Lipinski definition) is 3. The largest absolute Gasteiger partial charge is 0.378 e. The van der Waals surface area contributed by atoms with Crippen LogP contribution < -0.4 is 10.6 Å². The first-order valence-corrected chi connectivity index (χ1v) is 7.95. The Labute approximate surface area is 135 Å². The zero-order chi connectivity index (χ0) is 15.8. The topological polar surface area (TPSA) is 67.4 Å². The first kappa shape index (κ1) is 16.8. The van der Waals surface area contributed by atoms with E-state index in [-0.39, 0.29) is 17.9 Å². The minimum Gasteiger partial charge on any atom is -0.378 e. The quantitative estimate of drug-likeness (QED) is 0.758. The van der Waals surface area contributed by atoms with Crippen LogP contribution in [0.15, 0.2) is 24.3 Å². The minimum atomic E-state index is -0.0734. The second-order valence-corrected chi connectivity index (χ2v) is 5.78. The van der Waals surface area contributed by atoms with E-state index in [1.807, 2.05) is 0 Å². The van der Waals surface area contributed by atoms with E-state index in [0.29, 0.717) is 30.8 Å². The van der Waals surface area contributed by atoms with Gasteiger partial charge in [0.1, 0.15) is 0 Å². The van der Waals surface area contributed by atoms with E-state index in [9.17, 15) is 9.59 Å². The van der Waals surface area contributed by atoms with Crippen LogP contribution in [0.25, 0.3) is 0 Å². The van der Waals surface area contributed by atoms with Gasteiger partial charge in [0, 0.05) is 30.3 Å². The maximum absolute atomic E-state index is 11.7. The van der Waals surface area contributed by atoms with E-state index in [1.165, 1.54) is 0 Å². The van der Waals surface area contributed by atoms with Crippen molar-refractivity contribution in [2.45, 2.75) is 38.2 Å². The van der Waals surface area contributed by atoms with E-state index in [0.717, 1.165) is 25.1 Å². The van der Waals surface area contributed by atoms with Crippen LogP contribution >= 0.6 is 11.6 Å². The molecule has 2 rings (SSSR count). The highest BCUT2D eigenvalue weighted by Crippen LogP contribution is 2.15. The number of hydrogen-bond donors (Lipinski definition) is 2. The Morgan fingerprint density at radius 1 is 1.23 bits per heavy atom. The summed E-state index contributed by atoms with van der Waals surface area (Å²) in [7, 11) is 0. The van der Waals surface area contributed by atoms with Gasteiger partial charge in [-0.1, -0.05) is 11.6 Å². The fraction of sp³-hybridized carbons (Fsp3) is 0.500. The average Bonchev–Trinajstić information content (AvgIpc) is 2.99. The Balaban J connectivity index is 1.56. The zero-order valence-corrected chi connectivity index (χ0v) is 13.2. The molecule has 1 aromatic rings. The van der Waals surface area contributed by atoms with Crippen LogP contribution in [0, 0.1) is 0 Å². The number of anilines is 1. The Bertz CT molecular complexity index is 499. The van der Waals surface area contributed by atoms with Crippen LogP contribution in [0.3, 0.4) is 0 Å². The molecule has 120 valence electrons. The lowest BCUT2D eigenvalue weighted by molar-refractivity contribution is -0.123. The van der Waals surface area contributed by atoms with Gasteiger partial charge in [-0.25, -0.2) is 0 Å². The zero-order valence-electron chi connectivity index (χ0n) is 12.4. The summed E-state index contributed by atoms with van der Waals surface area (Å²) in [6.45, 7) is 1.25. The average molecular weight is 325 g/mol. The van der Waals surface area contributed by atoms with Gasteiger partial charge < -0.3 is 15.4 Å². The molecule has 0 spiro atoms. The fourth-order valence-corrected chi connectivity index (χ4v) is 2.44. The van der Waals surface area contributed by atoms with E-state index in [4.69, 9.17) is 16.3 Å². The maximum Gasteiger partial charge on any atom is 0.224 e. The molecule has 5 nitrogen and oxygen atoms in total. The van der Waals surface area contributed by atoms with Crippen LogP contribution in [0.4, 0.5) is 5.69 Å². The standard InChI is InChI=1S/C16H21ClN2O3/c17-12-5-7-13(8-6-12)19-15(20)4-1-9-18-16(21)11-14-3-2-10-22-14/h5-8,14H,1-4,9-11H2,(H,18,21)(H,19,20). The monoisotopic (exact) mass is 324 g/mol. The Hall–Kier alpha value is -1.59. The molecule has 0 saturated carbocycles. The lowest BCUT2D eigenvalue weighted by atomic mass is 10.2. The van der Waals surface area contributed by atoms with Crippen molar-refractivity contribution in [3.8, 4) is 0 Å². The summed E-state index contributed by atoms with van der Waals surface area (Å²) in [5.41, 5.74) is 0.719. The van der Waals surface area contributed by atoms with E-state index >= 15 is 0 Å². The number of halogens is 1. The lowest BCUT2D eigenvalue weighted by Crippen LogP contribution is -2.28. The molecular formula is C16H21ClN2O3. The number of ether oxygens (including phenoxy) is 1. The van der Waals surface area contributed by atoms with Crippen molar-refractivity contribution < 1.29 is 14.3 Å². The van der Waals surface area contributed by atoms with Crippen LogP contribution in [-0.2, 0) is 14.3 Å². The number of benzene rings is 1. The Kier molecular flexibility index (Phi) is 6.68. The number of carbonyl (C=O) groups is 2. The van der Waals surface area contributed by atoms with Gasteiger partial charge in [0.2, 0.25) is 11.8 Å². The van der Waals surface area contributed by atoms with Crippen LogP contribution in [0.5, 0.6) is 0 Å². The fourth-order valence-electron chi connectivity index (χ4n) is 2.32. The van der Waals surface area contributed by atoms with Gasteiger partial charge in [-0.2, -0.15) is 0 Å². The van der Waals surface area contributed by atoms with E-state index in [2.05, 4.69) is 10.6 Å². The lowest BCUT2D eigenvalue weighted by Gasteiger charge is -2.10. The third kappa shape index (κ3) is 6.03. The minimum absolute atomic E-state index is 0.00925. The molecule has 1 aliphatic rings. The van der Waals surface area contributed by atoms with Gasteiger partial charge >= 0.3 is 0 Å². The predicted molar refractivity (Wildman–Crippen MR) is 85.9 cm³/mol. The molecule has 2 N–H and O–H groups in total. The normalized spacial score (nSPS) is 17.2. The van der Waals surface area contributed by atoms with Crippen molar-refractivity contribution in [2.24, 2.45) is 0 Å². The third-order valence-corrected chi connectivity index (χ3v) is 3.72. The molecule has 22 heavy (non-hydrogen) atoms. The molecule has 1 heterocycles. The van der Waals surface area contributed by atoms with Crippen molar-refractivity contribution >= 4 is 29.1 Å². The van der Waals surface area contributed by atoms with E-state index in [1.54, 1.807) is 24.3 Å². The van der Waals surface area contributed by atoms with E-state index < -0.39 is 0 Å². The molecule has 1 saturated heterocycles. The molecule has 1 aromatic carbocycles. The second-order valence-electron chi connectivity index (χ2n) is 5.35. The molecule has 1 unspecified atom stereocenters. The predicted octanol–water partition coefficient (Wildman–Crippen LogP) is 2.74. The van der Waals surface area contributed by atoms with Crippen molar-refractivity contribution in [2.75, 3.05) is 18.5 Å². The molecule has 0 radical (unpaired) electrons. The van der Waals surface area contributed by atoms with Crippen molar-refractivity contribution in [1.29, 1.82) is 0 Å². The second kappa shape index (κ2) is 8.76. The highest BCUT2D eigenvalue weighted by molar-refractivity contribution is 6.30. The first-order chi connectivity index (χ1) is 10.6. The summed E-state index contributed by atoms with van der Waals surface area (Å²) < 4.78 is 5.41. The van der Waals surface area contributed by atoms with Gasteiger partial charge in [0.05, 0.1) is 12.5 Å². The van der Waals surface area contributed by atoms with Crippen molar-refractivity contribution in [1.82, 2.24) is 5.32 Å². The Morgan fingerprint density at radius 3 is 2.68 bits per heavy atom. The van der Waals surface area contributed by atoms with Crippen LogP contribution in [0.1, 0.15) is 32.1 Å². The van der Waals surface area contributed by atoms with Crippen LogP contribution in [0.2, 0.25) is 5.02 Å². The van der Waals surface area contributed by atoms with Gasteiger partial charge in [0.25, 0.3) is 0 Å². The highest BCUT2D eigenvalue weighted by Gasteiger charge is 2.18. The number of amides is 2. The van der Waals surface area contributed by atoms with Crippen LogP contribution in [-0.4, -0.2) is 31.1 Å². The third-order valence-electron chi connectivity index (χ3n) is 3.47. The molecule has 1 aliphatic heterocycles. The summed E-state index contributed by atoms with van der Waals surface area (Å²) in [5.74, 6) is -0.0827. The SMILES string of the molecule is O=C(CC1CCCO1)NCCCC(=O)Nc1ccc(Cl)cc1. The number of rotatable bonds is 7. The number of nitrogens with one attached hydrogen (secondary N) is 2. The first-order valence-electron chi connectivity index (χ1n) is 7.57. The summed E-state index contributed by atoms with van der Waals surface area (Å²) >= 11 is 5.78. The highest BCUT2D eigenvalue weighted by atomic mass is 35.5. The van der Waals surface area contributed by atoms with Crippen molar-refractivity contribution in [3.05, 3.63) is 29.3 Å². The Morgan fingerprint density at radius 2 is 2.00 bits per heavy atom. The summed E-state index contributed by atoms with van der Waals surface area (Å²) in [6.07, 6.45) is 3.43. The molecule has 1 fully saturated rings. The molecule has 0 aromatic heterocycles. The molecule has 2 amide bonds. The molecule has 0 bridgehead atoms. The van der Waals surface area contributed by atoms with Gasteiger partial charge in [-0.3, -0.25) is 9.59 Å². The molecule has 0 aliphatic carbocycles. The van der Waals surface area contributed by atoms with Gasteiger partial charge in [0.15, 0.2) is 0 Å². The molecule has 1 atom stereocenters. The summed E-state index contributed by atoms with van der Waals surface area (Å²) in [5, 5.41) is 6.24. The van der Waals surface area contributed by atoms with Gasteiger partial charge in [-0.15, -0.1) is 0 Å².